The largest absolute Gasteiger partial charge is 0.522 e. The average Bonchev–Trinajstić information content (AvgIpc) is 2.72. The molecule has 0 fully saturated rings. The van der Waals surface area contributed by atoms with Crippen LogP contribution in [-0.2, 0) is 9.47 Å². The molecule has 8 heteroatoms. The highest BCUT2D eigenvalue weighted by Gasteiger charge is 2.41. The maximum absolute atomic E-state index is 12.2. The molecule has 0 radical (unpaired) electrons. The lowest BCUT2D eigenvalue weighted by Crippen LogP contribution is -2.43. The maximum atomic E-state index is 12.2. The molecule has 2 rings (SSSR count). The first-order chi connectivity index (χ1) is 8.94. The van der Waals surface area contributed by atoms with Crippen molar-refractivity contribution in [2.75, 3.05) is 33.5 Å². The summed E-state index contributed by atoms with van der Waals surface area (Å²) in [5, 5.41) is 3.48. The van der Waals surface area contributed by atoms with Crippen molar-refractivity contribution in [1.82, 2.24) is 0 Å². The second-order valence-corrected chi connectivity index (χ2v) is 5.09. The average molecular weight is 298 g/mol. The number of methoxy groups -OCH3 is 1. The molecule has 0 aliphatic carbocycles. The van der Waals surface area contributed by atoms with E-state index in [4.69, 9.17) is 14.2 Å². The first-order valence-corrected chi connectivity index (χ1v) is 6.40. The molecular formula is C11H13F3O4S. The van der Waals surface area contributed by atoms with E-state index in [1.165, 1.54) is 18.4 Å². The van der Waals surface area contributed by atoms with Crippen LogP contribution in [0.5, 0.6) is 11.5 Å². The number of ether oxygens (including phenoxy) is 4. The van der Waals surface area contributed by atoms with Gasteiger partial charge in [0, 0.05) is 17.9 Å². The Morgan fingerprint density at radius 3 is 2.26 bits per heavy atom. The highest BCUT2D eigenvalue weighted by Crippen LogP contribution is 2.37. The van der Waals surface area contributed by atoms with Crippen molar-refractivity contribution in [2.45, 2.75) is 6.36 Å². The van der Waals surface area contributed by atoms with Crippen molar-refractivity contribution in [3.63, 3.8) is 0 Å². The van der Waals surface area contributed by atoms with E-state index in [1.54, 1.807) is 10.8 Å². The molecular weight excluding hydrogens is 285 g/mol. The van der Waals surface area contributed by atoms with Crippen LogP contribution in [0.15, 0.2) is 10.8 Å². The van der Waals surface area contributed by atoms with E-state index >= 15 is 0 Å². The van der Waals surface area contributed by atoms with Crippen LogP contribution in [0.1, 0.15) is 0 Å². The van der Waals surface area contributed by atoms with Crippen LogP contribution in [0.4, 0.5) is 13.2 Å². The number of thiophene rings is 1. The number of halogens is 3. The minimum atomic E-state index is -4.68. The zero-order valence-electron chi connectivity index (χ0n) is 10.2. The lowest BCUT2D eigenvalue weighted by molar-refractivity contribution is -0.336. The summed E-state index contributed by atoms with van der Waals surface area (Å²) in [4.78, 5) is 0. The summed E-state index contributed by atoms with van der Waals surface area (Å²) in [6.45, 7) is -0.434. The van der Waals surface area contributed by atoms with Crippen LogP contribution < -0.4 is 9.47 Å². The summed E-state index contributed by atoms with van der Waals surface area (Å²) in [7, 11) is 1.41. The van der Waals surface area contributed by atoms with Gasteiger partial charge < -0.3 is 14.2 Å². The Morgan fingerprint density at radius 2 is 1.79 bits per heavy atom. The Balaban J connectivity index is 2.06. The van der Waals surface area contributed by atoms with Crippen LogP contribution in [-0.4, -0.2) is 39.9 Å². The SMILES string of the molecule is COCC1(COC(F)(F)F)COc2cscc2OC1. The molecule has 0 bridgehead atoms. The molecule has 1 aliphatic heterocycles. The van der Waals surface area contributed by atoms with E-state index < -0.39 is 18.4 Å². The standard InChI is InChI=1S/C11H13F3O4S/c1-15-4-10(7-18-11(12,13)14)5-16-8-2-19-3-9(8)17-6-10/h2-3H,4-7H2,1H3. The summed E-state index contributed by atoms with van der Waals surface area (Å²) >= 11 is 1.40. The molecule has 1 aromatic heterocycles. The molecule has 0 N–H and O–H groups in total. The van der Waals surface area contributed by atoms with E-state index in [2.05, 4.69) is 4.74 Å². The monoisotopic (exact) mass is 298 g/mol. The van der Waals surface area contributed by atoms with Crippen molar-refractivity contribution >= 4 is 11.3 Å². The van der Waals surface area contributed by atoms with Crippen LogP contribution in [0, 0.1) is 5.41 Å². The molecule has 0 spiro atoms. The van der Waals surface area contributed by atoms with Gasteiger partial charge in [-0.2, -0.15) is 0 Å². The molecule has 0 unspecified atom stereocenters. The highest BCUT2D eigenvalue weighted by atomic mass is 32.1. The summed E-state index contributed by atoms with van der Waals surface area (Å²) in [5.41, 5.74) is -0.985. The minimum Gasteiger partial charge on any atom is -0.488 e. The van der Waals surface area contributed by atoms with Gasteiger partial charge in [0.2, 0.25) is 0 Å². The molecule has 2 heterocycles. The number of fused-ring (bicyclic) bond motifs is 1. The van der Waals surface area contributed by atoms with Gasteiger partial charge in [0.05, 0.1) is 18.6 Å². The lowest BCUT2D eigenvalue weighted by Gasteiger charge is -2.30. The van der Waals surface area contributed by atoms with Crippen molar-refractivity contribution in [2.24, 2.45) is 5.41 Å². The molecule has 0 aromatic carbocycles. The van der Waals surface area contributed by atoms with Gasteiger partial charge in [-0.1, -0.05) is 0 Å². The zero-order chi connectivity index (χ0) is 13.9. The second kappa shape index (κ2) is 5.56. The third kappa shape index (κ3) is 3.74. The number of rotatable bonds is 4. The Hall–Kier alpha value is -0.990. The topological polar surface area (TPSA) is 36.9 Å². The summed E-state index contributed by atoms with van der Waals surface area (Å²) in [5.74, 6) is 1.07. The quantitative estimate of drug-likeness (QED) is 0.856. The predicted octanol–water partition coefficient (Wildman–Crippen LogP) is 2.69. The molecule has 1 aliphatic rings. The minimum absolute atomic E-state index is 0.0423. The fourth-order valence-electron chi connectivity index (χ4n) is 1.74. The van der Waals surface area contributed by atoms with E-state index in [1.807, 2.05) is 0 Å². The second-order valence-electron chi connectivity index (χ2n) is 4.35. The Bertz CT molecular complexity index is 396. The molecule has 4 nitrogen and oxygen atoms in total. The molecule has 0 amide bonds. The smallest absolute Gasteiger partial charge is 0.488 e. The normalized spacial score (nSPS) is 18.1. The van der Waals surface area contributed by atoms with Crippen LogP contribution in [0.3, 0.4) is 0 Å². The zero-order valence-corrected chi connectivity index (χ0v) is 11.0. The Labute approximate surface area is 112 Å². The van der Waals surface area contributed by atoms with Gasteiger partial charge in [-0.3, -0.25) is 4.74 Å². The predicted molar refractivity (Wildman–Crippen MR) is 61.6 cm³/mol. The van der Waals surface area contributed by atoms with Gasteiger partial charge >= 0.3 is 6.36 Å². The molecule has 1 aromatic rings. The fourth-order valence-corrected chi connectivity index (χ4v) is 2.42. The van der Waals surface area contributed by atoms with Crippen LogP contribution >= 0.6 is 11.3 Å². The van der Waals surface area contributed by atoms with Crippen molar-refractivity contribution < 1.29 is 32.1 Å². The molecule has 19 heavy (non-hydrogen) atoms. The van der Waals surface area contributed by atoms with E-state index in [-0.39, 0.29) is 19.8 Å². The number of alkyl halides is 3. The molecule has 0 saturated heterocycles. The fraction of sp³-hybridized carbons (Fsp3) is 0.636. The van der Waals surface area contributed by atoms with Crippen LogP contribution in [0.25, 0.3) is 0 Å². The molecule has 0 atom stereocenters. The summed E-state index contributed by atoms with van der Waals surface area (Å²) in [6, 6.07) is 0. The van der Waals surface area contributed by atoms with Gasteiger partial charge in [0.15, 0.2) is 11.5 Å². The van der Waals surface area contributed by atoms with Gasteiger partial charge in [0.1, 0.15) is 13.2 Å². The van der Waals surface area contributed by atoms with E-state index in [9.17, 15) is 13.2 Å². The maximum Gasteiger partial charge on any atom is 0.522 e. The van der Waals surface area contributed by atoms with E-state index in [0.29, 0.717) is 11.5 Å². The van der Waals surface area contributed by atoms with Gasteiger partial charge in [-0.05, 0) is 0 Å². The van der Waals surface area contributed by atoms with E-state index in [0.717, 1.165) is 0 Å². The first kappa shape index (κ1) is 14.4. The molecule has 108 valence electrons. The summed E-state index contributed by atoms with van der Waals surface area (Å²) in [6.07, 6.45) is -4.68. The third-order valence-corrected chi connectivity index (χ3v) is 3.35. The van der Waals surface area contributed by atoms with Crippen LogP contribution in [0.2, 0.25) is 0 Å². The van der Waals surface area contributed by atoms with Gasteiger partial charge in [-0.15, -0.1) is 24.5 Å². The Kier molecular flexibility index (Phi) is 4.22. The van der Waals surface area contributed by atoms with Gasteiger partial charge in [-0.25, -0.2) is 0 Å². The van der Waals surface area contributed by atoms with Crippen molar-refractivity contribution in [3.05, 3.63) is 10.8 Å². The Morgan fingerprint density at radius 1 is 1.21 bits per heavy atom. The first-order valence-electron chi connectivity index (χ1n) is 5.46. The van der Waals surface area contributed by atoms with Crippen molar-refractivity contribution in [3.8, 4) is 11.5 Å². The summed E-state index contributed by atoms with van der Waals surface area (Å²) < 4.78 is 56.4. The third-order valence-electron chi connectivity index (χ3n) is 2.65. The van der Waals surface area contributed by atoms with Gasteiger partial charge in [0.25, 0.3) is 0 Å². The van der Waals surface area contributed by atoms with Crippen molar-refractivity contribution in [1.29, 1.82) is 0 Å². The number of hydrogen-bond donors (Lipinski definition) is 0. The highest BCUT2D eigenvalue weighted by molar-refractivity contribution is 7.08. The lowest BCUT2D eigenvalue weighted by atomic mass is 9.92. The molecule has 0 saturated carbocycles. The number of hydrogen-bond acceptors (Lipinski definition) is 5.